The molecule has 2 aromatic rings. The van der Waals surface area contributed by atoms with Crippen molar-refractivity contribution < 1.29 is 4.79 Å². The zero-order valence-electron chi connectivity index (χ0n) is 10.9. The fourth-order valence-corrected chi connectivity index (χ4v) is 3.07. The van der Waals surface area contributed by atoms with E-state index < -0.39 is 0 Å². The first kappa shape index (κ1) is 14.3. The van der Waals surface area contributed by atoms with Gasteiger partial charge in [0.1, 0.15) is 0 Å². The van der Waals surface area contributed by atoms with Crippen LogP contribution in [0.5, 0.6) is 0 Å². The van der Waals surface area contributed by atoms with Crippen molar-refractivity contribution in [3.8, 4) is 0 Å². The van der Waals surface area contributed by atoms with E-state index in [0.717, 1.165) is 4.47 Å². The Bertz CT molecular complexity index is 534. The molecular weight excluding hydrogens is 322 g/mol. The Morgan fingerprint density at radius 2 is 1.89 bits per heavy atom. The van der Waals surface area contributed by atoms with Gasteiger partial charge in [0, 0.05) is 14.9 Å². The van der Waals surface area contributed by atoms with E-state index in [1.807, 2.05) is 35.7 Å². The van der Waals surface area contributed by atoms with Gasteiger partial charge >= 0.3 is 0 Å². The summed E-state index contributed by atoms with van der Waals surface area (Å²) in [5, 5.41) is 5.15. The first-order chi connectivity index (χ1) is 9.08. The topological polar surface area (TPSA) is 29.1 Å². The van der Waals surface area contributed by atoms with Crippen LogP contribution in [0, 0.1) is 5.92 Å². The minimum Gasteiger partial charge on any atom is -0.344 e. The summed E-state index contributed by atoms with van der Waals surface area (Å²) in [6.45, 7) is 4.23. The summed E-state index contributed by atoms with van der Waals surface area (Å²) in [5.41, 5.74) is 0.686. The Kier molecular flexibility index (Phi) is 4.77. The van der Waals surface area contributed by atoms with Crippen LogP contribution in [0.25, 0.3) is 0 Å². The Morgan fingerprint density at radius 1 is 1.21 bits per heavy atom. The predicted octanol–water partition coefficient (Wildman–Crippen LogP) is 4.64. The molecule has 1 aromatic carbocycles. The van der Waals surface area contributed by atoms with Crippen LogP contribution in [-0.4, -0.2) is 5.91 Å². The maximum atomic E-state index is 12.2. The van der Waals surface area contributed by atoms with Crippen LogP contribution in [-0.2, 0) is 0 Å². The molecule has 1 aromatic heterocycles. The van der Waals surface area contributed by atoms with Gasteiger partial charge in [-0.15, -0.1) is 11.3 Å². The average molecular weight is 338 g/mol. The molecule has 2 nitrogen and oxygen atoms in total. The zero-order valence-corrected chi connectivity index (χ0v) is 13.3. The second-order valence-electron chi connectivity index (χ2n) is 4.72. The van der Waals surface area contributed by atoms with E-state index in [9.17, 15) is 4.79 Å². The molecule has 0 bridgehead atoms. The minimum absolute atomic E-state index is 0.0281. The maximum absolute atomic E-state index is 12.2. The van der Waals surface area contributed by atoms with Crippen LogP contribution in [0.3, 0.4) is 0 Å². The van der Waals surface area contributed by atoms with Gasteiger partial charge in [-0.1, -0.05) is 35.8 Å². The van der Waals surface area contributed by atoms with Gasteiger partial charge < -0.3 is 5.32 Å². The maximum Gasteiger partial charge on any atom is 0.251 e. The van der Waals surface area contributed by atoms with Crippen LogP contribution in [0.1, 0.15) is 35.1 Å². The van der Waals surface area contributed by atoms with E-state index in [-0.39, 0.29) is 11.9 Å². The monoisotopic (exact) mass is 337 g/mol. The van der Waals surface area contributed by atoms with Crippen molar-refractivity contribution in [1.82, 2.24) is 5.32 Å². The summed E-state index contributed by atoms with van der Waals surface area (Å²) >= 11 is 5.05. The highest BCUT2D eigenvalue weighted by Crippen LogP contribution is 2.26. The van der Waals surface area contributed by atoms with Gasteiger partial charge in [-0.2, -0.15) is 0 Å². The van der Waals surface area contributed by atoms with Crippen molar-refractivity contribution in [2.75, 3.05) is 0 Å². The summed E-state index contributed by atoms with van der Waals surface area (Å²) in [4.78, 5) is 13.4. The number of nitrogens with one attached hydrogen (secondary N) is 1. The first-order valence-electron chi connectivity index (χ1n) is 6.18. The lowest BCUT2D eigenvalue weighted by Gasteiger charge is -2.21. The van der Waals surface area contributed by atoms with Crippen LogP contribution in [0.4, 0.5) is 0 Å². The molecule has 1 amide bonds. The predicted molar refractivity (Wildman–Crippen MR) is 83.5 cm³/mol. The third kappa shape index (κ3) is 3.67. The number of benzene rings is 1. The molecule has 1 unspecified atom stereocenters. The second kappa shape index (κ2) is 6.35. The van der Waals surface area contributed by atoms with Crippen molar-refractivity contribution >= 4 is 33.2 Å². The molecule has 4 heteroatoms. The molecule has 0 saturated carbocycles. The molecule has 0 aliphatic rings. The Hall–Kier alpha value is -1.13. The van der Waals surface area contributed by atoms with Gasteiger partial charge in [-0.05, 0) is 41.6 Å². The summed E-state index contributed by atoms with van der Waals surface area (Å²) in [6, 6.07) is 11.6. The Morgan fingerprint density at radius 3 is 2.42 bits per heavy atom. The van der Waals surface area contributed by atoms with Crippen LogP contribution in [0.15, 0.2) is 46.3 Å². The van der Waals surface area contributed by atoms with Crippen LogP contribution in [0.2, 0.25) is 0 Å². The van der Waals surface area contributed by atoms with Crippen molar-refractivity contribution in [3.63, 3.8) is 0 Å². The molecule has 0 radical (unpaired) electrons. The van der Waals surface area contributed by atoms with E-state index in [1.54, 1.807) is 11.3 Å². The fraction of sp³-hybridized carbons (Fsp3) is 0.267. The molecule has 19 heavy (non-hydrogen) atoms. The first-order valence-corrected chi connectivity index (χ1v) is 7.85. The quantitative estimate of drug-likeness (QED) is 0.865. The lowest BCUT2D eigenvalue weighted by Crippen LogP contribution is -2.31. The smallest absolute Gasteiger partial charge is 0.251 e. The number of thiophene rings is 1. The van der Waals surface area contributed by atoms with E-state index in [4.69, 9.17) is 0 Å². The minimum atomic E-state index is -0.0281. The molecule has 0 aliphatic carbocycles. The van der Waals surface area contributed by atoms with E-state index in [0.29, 0.717) is 11.5 Å². The number of hydrogen-bond donors (Lipinski definition) is 1. The second-order valence-corrected chi connectivity index (χ2v) is 6.61. The highest BCUT2D eigenvalue weighted by molar-refractivity contribution is 9.10. The molecule has 1 heterocycles. The van der Waals surface area contributed by atoms with Crippen LogP contribution >= 0.6 is 27.3 Å². The van der Waals surface area contributed by atoms with E-state index in [1.165, 1.54) is 4.88 Å². The number of amides is 1. The fourth-order valence-electron chi connectivity index (χ4n) is 1.86. The number of halogens is 1. The number of hydrogen-bond acceptors (Lipinski definition) is 2. The molecule has 0 spiro atoms. The van der Waals surface area contributed by atoms with Gasteiger partial charge in [0.2, 0.25) is 0 Å². The summed E-state index contributed by atoms with van der Waals surface area (Å²) in [7, 11) is 0. The molecule has 0 fully saturated rings. The van der Waals surface area contributed by atoms with Crippen molar-refractivity contribution in [2.45, 2.75) is 19.9 Å². The Balaban J connectivity index is 2.14. The molecule has 0 aliphatic heterocycles. The average Bonchev–Trinajstić information content (AvgIpc) is 2.89. The normalized spacial score (nSPS) is 12.4. The third-order valence-electron chi connectivity index (χ3n) is 2.91. The summed E-state index contributed by atoms with van der Waals surface area (Å²) in [6.07, 6.45) is 0. The molecule has 2 rings (SSSR count). The zero-order chi connectivity index (χ0) is 13.8. The van der Waals surface area contributed by atoms with Crippen molar-refractivity contribution in [3.05, 3.63) is 56.7 Å². The highest BCUT2D eigenvalue weighted by Gasteiger charge is 2.19. The molecule has 1 atom stereocenters. The SMILES string of the molecule is CC(C)C(NC(=O)c1ccc(Br)cc1)c1cccs1. The van der Waals surface area contributed by atoms with Gasteiger partial charge in [0.25, 0.3) is 5.91 Å². The van der Waals surface area contributed by atoms with Gasteiger partial charge in [-0.3, -0.25) is 4.79 Å². The number of carbonyl (C=O) groups excluding carboxylic acids is 1. The highest BCUT2D eigenvalue weighted by atomic mass is 79.9. The van der Waals surface area contributed by atoms with Gasteiger partial charge in [-0.25, -0.2) is 0 Å². The summed E-state index contributed by atoms with van der Waals surface area (Å²) in [5.74, 6) is 0.331. The van der Waals surface area contributed by atoms with Gasteiger partial charge in [0.05, 0.1) is 6.04 Å². The lowest BCUT2D eigenvalue weighted by atomic mass is 10.0. The molecule has 100 valence electrons. The molecule has 0 saturated heterocycles. The largest absolute Gasteiger partial charge is 0.344 e. The van der Waals surface area contributed by atoms with Gasteiger partial charge in [0.15, 0.2) is 0 Å². The van der Waals surface area contributed by atoms with E-state index >= 15 is 0 Å². The Labute approximate surface area is 126 Å². The lowest BCUT2D eigenvalue weighted by molar-refractivity contribution is 0.0926. The number of rotatable bonds is 4. The summed E-state index contributed by atoms with van der Waals surface area (Å²) < 4.78 is 0.975. The standard InChI is InChI=1S/C15H16BrNOS/c1-10(2)14(13-4-3-9-19-13)17-15(18)11-5-7-12(16)8-6-11/h3-10,14H,1-2H3,(H,17,18). The van der Waals surface area contributed by atoms with E-state index in [2.05, 4.69) is 41.2 Å². The molecular formula is C15H16BrNOS. The third-order valence-corrected chi connectivity index (χ3v) is 4.39. The van der Waals surface area contributed by atoms with Crippen molar-refractivity contribution in [1.29, 1.82) is 0 Å². The van der Waals surface area contributed by atoms with Crippen molar-refractivity contribution in [2.24, 2.45) is 5.92 Å². The van der Waals surface area contributed by atoms with Crippen LogP contribution < -0.4 is 5.32 Å². The molecule has 1 N–H and O–H groups in total. The number of carbonyl (C=O) groups is 1.